The van der Waals surface area contributed by atoms with Crippen LogP contribution < -0.4 is 10.6 Å². The molecule has 0 fully saturated rings. The number of methoxy groups -OCH3 is 1. The number of ether oxygens (including phenoxy) is 2. The van der Waals surface area contributed by atoms with Gasteiger partial charge in [0, 0.05) is 5.92 Å². The van der Waals surface area contributed by atoms with Gasteiger partial charge in [-0.25, -0.2) is 4.79 Å². The van der Waals surface area contributed by atoms with Crippen LogP contribution in [0.5, 0.6) is 0 Å². The maximum absolute atomic E-state index is 12.8. The quantitative estimate of drug-likeness (QED) is 0.386. The van der Waals surface area contributed by atoms with Gasteiger partial charge in [-0.15, -0.1) is 0 Å². The molecule has 36 heavy (non-hydrogen) atoms. The van der Waals surface area contributed by atoms with E-state index in [1.165, 1.54) is 7.11 Å². The monoisotopic (exact) mass is 512 g/mol. The van der Waals surface area contributed by atoms with E-state index in [0.717, 1.165) is 22.3 Å². The van der Waals surface area contributed by atoms with Gasteiger partial charge in [0.05, 0.1) is 13.7 Å². The number of benzene rings is 2. The molecule has 0 spiro atoms. The number of hydrogen-bond donors (Lipinski definition) is 2. The van der Waals surface area contributed by atoms with Crippen molar-refractivity contribution in [2.24, 2.45) is 0 Å². The molecule has 1 aliphatic rings. The summed E-state index contributed by atoms with van der Waals surface area (Å²) in [5.74, 6) is -1.24. The molecule has 2 aromatic rings. The largest absolute Gasteiger partial charge is 0.468 e. The van der Waals surface area contributed by atoms with Gasteiger partial charge in [0.2, 0.25) is 5.91 Å². The Kier molecular flexibility index (Phi) is 8.57. The fourth-order valence-corrected chi connectivity index (χ4v) is 4.84. The van der Waals surface area contributed by atoms with E-state index in [4.69, 9.17) is 9.16 Å². The minimum atomic E-state index is -2.20. The predicted octanol–water partition coefficient (Wildman–Crippen LogP) is 4.20. The number of hydrogen-bond acceptors (Lipinski definition) is 6. The molecule has 2 N–H and O–H groups in total. The Labute approximate surface area is 213 Å². The first-order valence-electron chi connectivity index (χ1n) is 12.0. The van der Waals surface area contributed by atoms with Gasteiger partial charge in [-0.05, 0) is 40.4 Å². The summed E-state index contributed by atoms with van der Waals surface area (Å²) in [6, 6.07) is 15.1. The van der Waals surface area contributed by atoms with Crippen LogP contribution in [0.3, 0.4) is 0 Å². The molecule has 1 aliphatic carbocycles. The number of rotatable bonds is 9. The molecule has 0 heterocycles. The number of alkyl carbamates (subject to hydrolysis) is 1. The summed E-state index contributed by atoms with van der Waals surface area (Å²) in [7, 11) is -0.961. The Balaban J connectivity index is 1.68. The third-order valence-corrected chi connectivity index (χ3v) is 11.5. The van der Waals surface area contributed by atoms with Crippen molar-refractivity contribution in [2.75, 3.05) is 26.9 Å². The van der Waals surface area contributed by atoms with E-state index in [1.54, 1.807) is 0 Å². The molecule has 8 nitrogen and oxygen atoms in total. The van der Waals surface area contributed by atoms with Crippen LogP contribution in [0.1, 0.15) is 37.8 Å². The molecular weight excluding hydrogens is 476 g/mol. The van der Waals surface area contributed by atoms with Gasteiger partial charge in [-0.1, -0.05) is 69.3 Å². The number of carbonyl (C=O) groups is 3. The first-order chi connectivity index (χ1) is 16.9. The van der Waals surface area contributed by atoms with Crippen LogP contribution in [0.2, 0.25) is 18.1 Å². The van der Waals surface area contributed by atoms with E-state index in [-0.39, 0.29) is 30.7 Å². The standard InChI is InChI=1S/C27H36N2O6Si/c1-27(2,3)36(5,6)35-17-23(25(31)28-15-24(30)33-4)29-26(32)34-16-22-20-13-9-7-11-18(20)19-12-8-10-14-21(19)22/h7-14,22-23H,15-17H2,1-6H3,(H,28,31)(H,29,32)/t23-/m0/s1. The van der Waals surface area contributed by atoms with Gasteiger partial charge in [0.25, 0.3) is 0 Å². The van der Waals surface area contributed by atoms with Crippen molar-refractivity contribution < 1.29 is 28.3 Å². The van der Waals surface area contributed by atoms with Gasteiger partial charge >= 0.3 is 12.1 Å². The van der Waals surface area contributed by atoms with Crippen molar-refractivity contribution in [3.63, 3.8) is 0 Å². The minimum Gasteiger partial charge on any atom is -0.468 e. The molecule has 0 saturated heterocycles. The molecule has 0 radical (unpaired) electrons. The first kappa shape index (κ1) is 27.4. The molecule has 1 atom stereocenters. The maximum Gasteiger partial charge on any atom is 0.407 e. The van der Waals surface area contributed by atoms with Crippen LogP contribution in [0.4, 0.5) is 4.79 Å². The lowest BCUT2D eigenvalue weighted by Crippen LogP contribution is -2.53. The molecule has 9 heteroatoms. The number of carbonyl (C=O) groups excluding carboxylic acids is 3. The lowest BCUT2D eigenvalue weighted by atomic mass is 9.98. The summed E-state index contributed by atoms with van der Waals surface area (Å²) in [4.78, 5) is 37.1. The first-order valence-corrected chi connectivity index (χ1v) is 15.0. The Morgan fingerprint density at radius 2 is 1.53 bits per heavy atom. The van der Waals surface area contributed by atoms with Crippen LogP contribution in [-0.4, -0.2) is 59.2 Å². The van der Waals surface area contributed by atoms with Crippen LogP contribution >= 0.6 is 0 Å². The fraction of sp³-hybridized carbons (Fsp3) is 0.444. The zero-order valence-electron chi connectivity index (χ0n) is 21.8. The van der Waals surface area contributed by atoms with E-state index < -0.39 is 32.3 Å². The molecule has 3 rings (SSSR count). The number of nitrogens with one attached hydrogen (secondary N) is 2. The smallest absolute Gasteiger partial charge is 0.407 e. The summed E-state index contributed by atoms with van der Waals surface area (Å²) in [6.07, 6.45) is -0.728. The van der Waals surface area contributed by atoms with Gasteiger partial charge in [0.1, 0.15) is 19.2 Å². The maximum atomic E-state index is 12.8. The van der Waals surface area contributed by atoms with E-state index >= 15 is 0 Å². The van der Waals surface area contributed by atoms with Crippen molar-refractivity contribution in [1.82, 2.24) is 10.6 Å². The summed E-state index contributed by atoms with van der Waals surface area (Å²) in [5, 5.41) is 5.04. The van der Waals surface area contributed by atoms with E-state index in [0.29, 0.717) is 0 Å². The third kappa shape index (κ3) is 6.33. The summed E-state index contributed by atoms with van der Waals surface area (Å²) >= 11 is 0. The van der Waals surface area contributed by atoms with Crippen LogP contribution in [-0.2, 0) is 23.5 Å². The second-order valence-corrected chi connectivity index (χ2v) is 15.2. The molecule has 194 valence electrons. The van der Waals surface area contributed by atoms with Crippen molar-refractivity contribution in [3.05, 3.63) is 59.7 Å². The van der Waals surface area contributed by atoms with Gasteiger partial charge < -0.3 is 24.5 Å². The van der Waals surface area contributed by atoms with Gasteiger partial charge in [0.15, 0.2) is 8.32 Å². The molecule has 0 aliphatic heterocycles. The van der Waals surface area contributed by atoms with Crippen molar-refractivity contribution in [2.45, 2.75) is 50.9 Å². The summed E-state index contributed by atoms with van der Waals surface area (Å²) in [6.45, 7) is 10.2. The second-order valence-electron chi connectivity index (χ2n) is 10.4. The highest BCUT2D eigenvalue weighted by atomic mass is 28.4. The normalized spacial score (nSPS) is 13.8. The molecule has 0 aromatic heterocycles. The molecule has 0 unspecified atom stereocenters. The third-order valence-electron chi connectivity index (χ3n) is 7.00. The Morgan fingerprint density at radius 1 is 0.972 bits per heavy atom. The number of fused-ring (bicyclic) bond motifs is 3. The van der Waals surface area contributed by atoms with E-state index in [2.05, 4.69) is 61.4 Å². The Hall–Kier alpha value is -3.17. The lowest BCUT2D eigenvalue weighted by molar-refractivity contribution is -0.141. The van der Waals surface area contributed by atoms with E-state index in [9.17, 15) is 14.4 Å². The zero-order valence-corrected chi connectivity index (χ0v) is 22.8. The minimum absolute atomic E-state index is 0.0340. The Bertz CT molecular complexity index is 1070. The second kappa shape index (κ2) is 11.3. The summed E-state index contributed by atoms with van der Waals surface area (Å²) < 4.78 is 16.4. The number of esters is 1. The summed E-state index contributed by atoms with van der Waals surface area (Å²) in [5.41, 5.74) is 4.45. The molecule has 0 bridgehead atoms. The predicted molar refractivity (Wildman–Crippen MR) is 140 cm³/mol. The van der Waals surface area contributed by atoms with Crippen LogP contribution in [0, 0.1) is 0 Å². The van der Waals surface area contributed by atoms with Gasteiger partial charge in [-0.3, -0.25) is 9.59 Å². The topological polar surface area (TPSA) is 103 Å². The van der Waals surface area contributed by atoms with Crippen molar-refractivity contribution in [3.8, 4) is 11.1 Å². The highest BCUT2D eigenvalue weighted by molar-refractivity contribution is 6.74. The van der Waals surface area contributed by atoms with Crippen LogP contribution in [0.25, 0.3) is 11.1 Å². The van der Waals surface area contributed by atoms with Crippen molar-refractivity contribution >= 4 is 26.3 Å². The molecule has 0 saturated carbocycles. The van der Waals surface area contributed by atoms with Gasteiger partial charge in [-0.2, -0.15) is 0 Å². The lowest BCUT2D eigenvalue weighted by Gasteiger charge is -2.37. The molecule has 2 amide bonds. The Morgan fingerprint density at radius 3 is 2.06 bits per heavy atom. The molecular formula is C27H36N2O6Si. The molecule has 2 aromatic carbocycles. The highest BCUT2D eigenvalue weighted by Gasteiger charge is 2.38. The average Bonchev–Trinajstić information content (AvgIpc) is 3.16. The van der Waals surface area contributed by atoms with Crippen molar-refractivity contribution in [1.29, 1.82) is 0 Å². The van der Waals surface area contributed by atoms with Crippen LogP contribution in [0.15, 0.2) is 48.5 Å². The fourth-order valence-electron chi connectivity index (χ4n) is 3.83. The average molecular weight is 513 g/mol. The SMILES string of the molecule is COC(=O)CNC(=O)[C@H](CO[Si](C)(C)C(C)(C)C)NC(=O)OCC1c2ccccc2-c2ccccc21. The zero-order chi connectivity index (χ0) is 26.5. The van der Waals surface area contributed by atoms with E-state index in [1.807, 2.05) is 36.4 Å². The number of amides is 2. The highest BCUT2D eigenvalue weighted by Crippen LogP contribution is 2.44.